The highest BCUT2D eigenvalue weighted by Crippen LogP contribution is 2.39. The minimum Gasteiger partial charge on any atom is -0.507 e. The Kier molecular flexibility index (Phi) is 7.99. The van der Waals surface area contributed by atoms with Crippen molar-refractivity contribution in [3.8, 4) is 11.5 Å². The molecule has 0 aliphatic rings. The Labute approximate surface area is 197 Å². The molecule has 32 heavy (non-hydrogen) atoms. The number of thioether (sulfide) groups is 1. The zero-order chi connectivity index (χ0) is 23.3. The van der Waals surface area contributed by atoms with Gasteiger partial charge in [0.05, 0.1) is 29.7 Å². The quantitative estimate of drug-likeness (QED) is 0.422. The van der Waals surface area contributed by atoms with E-state index in [-0.39, 0.29) is 45.2 Å². The molecule has 0 fully saturated rings. The number of aryl methyl sites for hydroxylation is 1. The molecule has 1 atom stereocenters. The van der Waals surface area contributed by atoms with Crippen LogP contribution in [0.25, 0.3) is 0 Å². The molecule has 9 nitrogen and oxygen atoms in total. The van der Waals surface area contributed by atoms with Crippen LogP contribution >= 0.6 is 34.7 Å². The van der Waals surface area contributed by atoms with Crippen molar-refractivity contribution in [3.63, 3.8) is 0 Å². The van der Waals surface area contributed by atoms with E-state index in [4.69, 9.17) is 25.6 Å². The molecule has 2 aromatic heterocycles. The number of hydrogen-bond donors (Lipinski definition) is 2. The van der Waals surface area contributed by atoms with Gasteiger partial charge in [0.2, 0.25) is 5.89 Å². The van der Waals surface area contributed by atoms with E-state index >= 15 is 0 Å². The first-order chi connectivity index (χ1) is 15.3. The molecule has 3 aromatic rings. The number of hydrogen-bond acceptors (Lipinski definition) is 10. The van der Waals surface area contributed by atoms with Gasteiger partial charge in [-0.15, -0.1) is 11.3 Å². The molecule has 0 spiro atoms. The second kappa shape index (κ2) is 10.7. The lowest BCUT2D eigenvalue weighted by Crippen LogP contribution is -2.30. The second-order valence-electron chi connectivity index (χ2n) is 6.46. The van der Waals surface area contributed by atoms with Crippen molar-refractivity contribution >= 4 is 46.6 Å². The molecule has 1 unspecified atom stereocenters. The summed E-state index contributed by atoms with van der Waals surface area (Å²) < 4.78 is 15.2. The first-order valence-electron chi connectivity index (χ1n) is 9.24. The number of esters is 1. The first-order valence-corrected chi connectivity index (χ1v) is 11.7. The van der Waals surface area contributed by atoms with Gasteiger partial charge in [0.25, 0.3) is 5.91 Å². The SMILES string of the molecule is COC(=O)c1c(Cl)c(OC)cc(O)c1CSCC(NC(=O)c1cccs1)c1nc(C)no1. The molecular weight excluding hydrogens is 478 g/mol. The fourth-order valence-corrected chi connectivity index (χ4v) is 4.84. The summed E-state index contributed by atoms with van der Waals surface area (Å²) in [6.07, 6.45) is 0. The zero-order valence-corrected chi connectivity index (χ0v) is 19.8. The highest BCUT2D eigenvalue weighted by atomic mass is 35.5. The van der Waals surface area contributed by atoms with Crippen molar-refractivity contribution in [1.82, 2.24) is 15.5 Å². The van der Waals surface area contributed by atoms with E-state index in [9.17, 15) is 14.7 Å². The summed E-state index contributed by atoms with van der Waals surface area (Å²) in [5, 5.41) is 19.0. The van der Waals surface area contributed by atoms with Gasteiger partial charge < -0.3 is 24.4 Å². The average Bonchev–Trinajstić information content (AvgIpc) is 3.46. The molecule has 0 radical (unpaired) electrons. The molecular formula is C20H20ClN3O6S2. The fourth-order valence-electron chi connectivity index (χ4n) is 2.81. The number of carbonyl (C=O) groups is 2. The fraction of sp³-hybridized carbons (Fsp3) is 0.300. The Morgan fingerprint density at radius 3 is 2.78 bits per heavy atom. The van der Waals surface area contributed by atoms with Gasteiger partial charge in [-0.3, -0.25) is 4.79 Å². The Morgan fingerprint density at radius 2 is 2.19 bits per heavy atom. The number of nitrogens with one attached hydrogen (secondary N) is 1. The van der Waals surface area contributed by atoms with Crippen LogP contribution in [-0.4, -0.2) is 47.1 Å². The molecule has 0 aliphatic carbocycles. The van der Waals surface area contributed by atoms with Crippen LogP contribution < -0.4 is 10.1 Å². The van der Waals surface area contributed by atoms with E-state index in [1.54, 1.807) is 24.4 Å². The molecule has 0 bridgehead atoms. The number of aromatic nitrogens is 2. The number of carbonyl (C=O) groups excluding carboxylic acids is 2. The van der Waals surface area contributed by atoms with Crippen molar-refractivity contribution < 1.29 is 28.7 Å². The van der Waals surface area contributed by atoms with Crippen LogP contribution in [0.5, 0.6) is 11.5 Å². The topological polar surface area (TPSA) is 124 Å². The maximum Gasteiger partial charge on any atom is 0.339 e. The third-order valence-corrected chi connectivity index (χ3v) is 6.65. The smallest absolute Gasteiger partial charge is 0.339 e. The normalized spacial score (nSPS) is 11.8. The van der Waals surface area contributed by atoms with Crippen LogP contribution in [0.15, 0.2) is 28.1 Å². The van der Waals surface area contributed by atoms with Crippen LogP contribution in [0.3, 0.4) is 0 Å². The van der Waals surface area contributed by atoms with E-state index < -0.39 is 12.0 Å². The number of amides is 1. The largest absolute Gasteiger partial charge is 0.507 e. The number of phenolic OH excluding ortho intramolecular Hbond substituents is 1. The predicted octanol–water partition coefficient (Wildman–Crippen LogP) is 4.00. The summed E-state index contributed by atoms with van der Waals surface area (Å²) in [7, 11) is 2.60. The molecule has 2 heterocycles. The van der Waals surface area contributed by atoms with Crippen LogP contribution in [0.4, 0.5) is 0 Å². The number of ether oxygens (including phenoxy) is 2. The first kappa shape index (κ1) is 23.9. The Hall–Kier alpha value is -2.76. The van der Waals surface area contributed by atoms with E-state index in [0.29, 0.717) is 16.5 Å². The molecule has 3 rings (SSSR count). The molecule has 0 aliphatic heterocycles. The molecule has 170 valence electrons. The summed E-state index contributed by atoms with van der Waals surface area (Å²) in [5.41, 5.74) is 0.309. The van der Waals surface area contributed by atoms with E-state index in [2.05, 4.69) is 15.5 Å². The van der Waals surface area contributed by atoms with Gasteiger partial charge in [-0.05, 0) is 18.4 Å². The van der Waals surface area contributed by atoms with E-state index in [0.717, 1.165) is 0 Å². The van der Waals surface area contributed by atoms with Crippen LogP contribution in [0, 0.1) is 6.92 Å². The van der Waals surface area contributed by atoms with Gasteiger partial charge in [-0.1, -0.05) is 22.8 Å². The lowest BCUT2D eigenvalue weighted by molar-refractivity contribution is 0.0599. The maximum absolute atomic E-state index is 12.5. The van der Waals surface area contributed by atoms with Gasteiger partial charge in [0.15, 0.2) is 5.82 Å². The summed E-state index contributed by atoms with van der Waals surface area (Å²) in [6.45, 7) is 1.68. The predicted molar refractivity (Wildman–Crippen MR) is 121 cm³/mol. The number of rotatable bonds is 9. The number of methoxy groups -OCH3 is 2. The Balaban J connectivity index is 1.80. The standard InChI is InChI=1S/C20H20ClN3O6S2/c1-10-22-19(30-24-10)12(23-18(26)15-5-4-6-32-15)9-31-8-11-13(25)7-14(28-2)17(21)16(11)20(27)29-3/h4-7,12,25H,8-9H2,1-3H3,(H,23,26). The number of thiophene rings is 1. The monoisotopic (exact) mass is 497 g/mol. The van der Waals surface area contributed by atoms with Crippen molar-refractivity contribution in [2.75, 3.05) is 20.0 Å². The minimum absolute atomic E-state index is 0.0197. The lowest BCUT2D eigenvalue weighted by Gasteiger charge is -2.17. The van der Waals surface area contributed by atoms with Crippen molar-refractivity contribution in [1.29, 1.82) is 0 Å². The van der Waals surface area contributed by atoms with Crippen molar-refractivity contribution in [2.24, 2.45) is 0 Å². The number of nitrogens with zero attached hydrogens (tertiary/aromatic N) is 2. The Morgan fingerprint density at radius 1 is 1.41 bits per heavy atom. The van der Waals surface area contributed by atoms with Gasteiger partial charge in [-0.2, -0.15) is 16.7 Å². The number of benzene rings is 1. The van der Waals surface area contributed by atoms with Crippen molar-refractivity contribution in [2.45, 2.75) is 18.7 Å². The molecule has 0 saturated carbocycles. The highest BCUT2D eigenvalue weighted by molar-refractivity contribution is 7.98. The number of phenols is 1. The zero-order valence-electron chi connectivity index (χ0n) is 17.4. The van der Waals surface area contributed by atoms with E-state index in [1.165, 1.54) is 43.4 Å². The average molecular weight is 498 g/mol. The molecule has 1 amide bonds. The molecule has 1 aromatic carbocycles. The van der Waals surface area contributed by atoms with Gasteiger partial charge in [0, 0.05) is 23.1 Å². The van der Waals surface area contributed by atoms with Crippen molar-refractivity contribution in [3.05, 3.63) is 56.3 Å². The van der Waals surface area contributed by atoms with E-state index in [1.807, 2.05) is 0 Å². The number of aromatic hydroxyl groups is 1. The number of halogens is 1. The third-order valence-electron chi connectivity index (χ3n) is 4.35. The summed E-state index contributed by atoms with van der Waals surface area (Å²) in [4.78, 5) is 29.6. The van der Waals surface area contributed by atoms with Gasteiger partial charge in [-0.25, -0.2) is 4.79 Å². The van der Waals surface area contributed by atoms with Gasteiger partial charge >= 0.3 is 5.97 Å². The summed E-state index contributed by atoms with van der Waals surface area (Å²) >= 11 is 8.93. The Bertz CT molecular complexity index is 1100. The van der Waals surface area contributed by atoms with Gasteiger partial charge in [0.1, 0.15) is 17.5 Å². The molecule has 2 N–H and O–H groups in total. The third kappa shape index (κ3) is 5.34. The molecule has 0 saturated heterocycles. The maximum atomic E-state index is 12.5. The van der Waals surface area contributed by atoms with Crippen LogP contribution in [0.2, 0.25) is 5.02 Å². The van der Waals surface area contributed by atoms with Crippen LogP contribution in [-0.2, 0) is 10.5 Å². The highest BCUT2D eigenvalue weighted by Gasteiger charge is 2.26. The molecule has 12 heteroatoms. The summed E-state index contributed by atoms with van der Waals surface area (Å²) in [5.74, 6) is 0.230. The minimum atomic E-state index is -0.699. The summed E-state index contributed by atoms with van der Waals surface area (Å²) in [6, 6.07) is 4.24. The lowest BCUT2D eigenvalue weighted by atomic mass is 10.1. The second-order valence-corrected chi connectivity index (χ2v) is 8.81. The van der Waals surface area contributed by atoms with Crippen LogP contribution in [0.1, 0.15) is 43.4 Å².